The highest BCUT2D eigenvalue weighted by Gasteiger charge is 2.12. The van der Waals surface area contributed by atoms with E-state index in [2.05, 4.69) is 46.8 Å². The lowest BCUT2D eigenvalue weighted by molar-refractivity contribution is 0.524. The van der Waals surface area contributed by atoms with Crippen molar-refractivity contribution >= 4 is 5.95 Å². The lowest BCUT2D eigenvalue weighted by Gasteiger charge is -2.16. The van der Waals surface area contributed by atoms with Crippen LogP contribution in [0.15, 0.2) is 30.6 Å². The van der Waals surface area contributed by atoms with Crippen LogP contribution in [0.3, 0.4) is 0 Å². The zero-order chi connectivity index (χ0) is 13.8. The van der Waals surface area contributed by atoms with Crippen molar-refractivity contribution < 1.29 is 0 Å². The Hall–Kier alpha value is -1.84. The molecule has 1 atom stereocenters. The highest BCUT2D eigenvalue weighted by atomic mass is 15.2. The first kappa shape index (κ1) is 13.6. The number of nitrogens with zero attached hydrogens (tertiary/aromatic N) is 3. The fourth-order valence-electron chi connectivity index (χ4n) is 2.09. The Labute approximate surface area is 114 Å². The van der Waals surface area contributed by atoms with Gasteiger partial charge in [-0.2, -0.15) is 0 Å². The van der Waals surface area contributed by atoms with Crippen molar-refractivity contribution in [2.24, 2.45) is 5.92 Å². The van der Waals surface area contributed by atoms with Crippen LogP contribution in [0, 0.1) is 12.8 Å². The van der Waals surface area contributed by atoms with Crippen LogP contribution in [0.25, 0.3) is 0 Å². The summed E-state index contributed by atoms with van der Waals surface area (Å²) in [6.45, 7) is 9.51. The number of nitrogens with one attached hydrogen (secondary N) is 1. The Morgan fingerprint density at radius 3 is 2.68 bits per heavy atom. The fraction of sp³-hybridized carbons (Fsp3) is 0.467. The zero-order valence-electron chi connectivity index (χ0n) is 12.1. The molecule has 0 fully saturated rings. The molecule has 4 heteroatoms. The highest BCUT2D eigenvalue weighted by Crippen LogP contribution is 2.18. The maximum Gasteiger partial charge on any atom is 0.203 e. The predicted octanol–water partition coefficient (Wildman–Crippen LogP) is 3.42. The number of rotatable bonds is 5. The van der Waals surface area contributed by atoms with Crippen LogP contribution in [-0.4, -0.2) is 14.5 Å². The van der Waals surface area contributed by atoms with Crippen molar-refractivity contribution in [2.45, 2.75) is 40.3 Å². The molecule has 0 amide bonds. The van der Waals surface area contributed by atoms with E-state index in [1.165, 1.54) is 0 Å². The highest BCUT2D eigenvalue weighted by molar-refractivity contribution is 5.32. The van der Waals surface area contributed by atoms with E-state index in [4.69, 9.17) is 0 Å². The van der Waals surface area contributed by atoms with Gasteiger partial charge in [0, 0.05) is 18.9 Å². The summed E-state index contributed by atoms with van der Waals surface area (Å²) in [6.07, 6.45) is 3.91. The Balaban J connectivity index is 2.14. The Bertz CT molecular complexity index is 516. The Morgan fingerprint density at radius 1 is 1.26 bits per heavy atom. The summed E-state index contributed by atoms with van der Waals surface area (Å²) in [4.78, 5) is 8.93. The van der Waals surface area contributed by atoms with Gasteiger partial charge in [-0.15, -0.1) is 0 Å². The number of imidazole rings is 1. The van der Waals surface area contributed by atoms with Crippen LogP contribution in [0.2, 0.25) is 0 Å². The molecule has 0 radical (unpaired) electrons. The topological polar surface area (TPSA) is 42.7 Å². The van der Waals surface area contributed by atoms with E-state index in [-0.39, 0.29) is 6.04 Å². The second-order valence-electron chi connectivity index (χ2n) is 5.37. The average molecular weight is 258 g/mol. The normalized spacial score (nSPS) is 12.7. The first-order chi connectivity index (χ1) is 9.06. The van der Waals surface area contributed by atoms with E-state index in [0.29, 0.717) is 5.92 Å². The number of hydrogen-bond donors (Lipinski definition) is 1. The minimum atomic E-state index is 0.147. The van der Waals surface area contributed by atoms with Gasteiger partial charge in [0.05, 0.1) is 17.4 Å². The first-order valence-corrected chi connectivity index (χ1v) is 6.77. The van der Waals surface area contributed by atoms with E-state index in [1.807, 2.05) is 31.3 Å². The molecule has 4 nitrogen and oxygen atoms in total. The molecule has 0 saturated carbocycles. The second kappa shape index (κ2) is 5.87. The van der Waals surface area contributed by atoms with Gasteiger partial charge in [-0.1, -0.05) is 19.9 Å². The van der Waals surface area contributed by atoms with Gasteiger partial charge >= 0.3 is 0 Å². The Kier molecular flexibility index (Phi) is 4.20. The Morgan fingerprint density at radius 2 is 2.05 bits per heavy atom. The van der Waals surface area contributed by atoms with E-state index < -0.39 is 0 Å². The van der Waals surface area contributed by atoms with Gasteiger partial charge < -0.3 is 9.88 Å². The number of aryl methyl sites for hydroxylation is 1. The molecule has 0 bridgehead atoms. The number of anilines is 1. The molecule has 2 heterocycles. The molecule has 19 heavy (non-hydrogen) atoms. The first-order valence-electron chi connectivity index (χ1n) is 6.77. The average Bonchev–Trinajstić information content (AvgIpc) is 2.69. The van der Waals surface area contributed by atoms with Crippen molar-refractivity contribution in [3.05, 3.63) is 42.0 Å². The summed E-state index contributed by atoms with van der Waals surface area (Å²) in [7, 11) is 0. The summed E-state index contributed by atoms with van der Waals surface area (Å²) in [5.41, 5.74) is 2.07. The summed E-state index contributed by atoms with van der Waals surface area (Å²) in [5.74, 6) is 1.52. The standard InChI is InChI=1S/C15H22N4/c1-11(2)9-19-10-12(3)17-15(19)18-13(4)14-7-5-6-8-16-14/h5-8,10-11,13H,9H2,1-4H3,(H,17,18). The molecular formula is C15H22N4. The summed E-state index contributed by atoms with van der Waals surface area (Å²) in [6, 6.07) is 6.11. The van der Waals surface area contributed by atoms with Crippen LogP contribution in [0.4, 0.5) is 5.95 Å². The SMILES string of the molecule is Cc1cn(CC(C)C)c(NC(C)c2ccccn2)n1. The molecule has 0 aliphatic heterocycles. The lowest BCUT2D eigenvalue weighted by atomic mass is 10.2. The molecule has 0 aliphatic rings. The van der Waals surface area contributed by atoms with Crippen LogP contribution in [-0.2, 0) is 6.54 Å². The second-order valence-corrected chi connectivity index (χ2v) is 5.37. The smallest absolute Gasteiger partial charge is 0.203 e. The van der Waals surface area contributed by atoms with Crippen LogP contribution in [0.5, 0.6) is 0 Å². The van der Waals surface area contributed by atoms with Gasteiger partial charge in [-0.05, 0) is 31.9 Å². The molecule has 0 aromatic carbocycles. The molecule has 2 aromatic heterocycles. The van der Waals surface area contributed by atoms with Crippen LogP contribution < -0.4 is 5.32 Å². The molecule has 102 valence electrons. The van der Waals surface area contributed by atoms with E-state index in [1.54, 1.807) is 0 Å². The quantitative estimate of drug-likeness (QED) is 0.893. The zero-order valence-corrected chi connectivity index (χ0v) is 12.1. The van der Waals surface area contributed by atoms with Crippen LogP contribution >= 0.6 is 0 Å². The lowest BCUT2D eigenvalue weighted by Crippen LogP contribution is -2.14. The van der Waals surface area contributed by atoms with Crippen molar-refractivity contribution in [3.63, 3.8) is 0 Å². The molecule has 0 spiro atoms. The van der Waals surface area contributed by atoms with Crippen molar-refractivity contribution in [1.82, 2.24) is 14.5 Å². The van der Waals surface area contributed by atoms with Crippen LogP contribution in [0.1, 0.15) is 38.2 Å². The maximum atomic E-state index is 4.55. The summed E-state index contributed by atoms with van der Waals surface area (Å²) in [5, 5.41) is 3.44. The van der Waals surface area contributed by atoms with Gasteiger partial charge in [0.1, 0.15) is 0 Å². The minimum absolute atomic E-state index is 0.147. The predicted molar refractivity (Wildman–Crippen MR) is 78.1 cm³/mol. The third-order valence-electron chi connectivity index (χ3n) is 2.94. The number of aromatic nitrogens is 3. The van der Waals surface area contributed by atoms with Gasteiger partial charge in [0.25, 0.3) is 0 Å². The fourth-order valence-corrected chi connectivity index (χ4v) is 2.09. The monoisotopic (exact) mass is 258 g/mol. The number of hydrogen-bond acceptors (Lipinski definition) is 3. The van der Waals surface area contributed by atoms with Gasteiger partial charge in [-0.3, -0.25) is 4.98 Å². The van der Waals surface area contributed by atoms with E-state index >= 15 is 0 Å². The van der Waals surface area contributed by atoms with E-state index in [9.17, 15) is 0 Å². The molecule has 0 aliphatic carbocycles. The largest absolute Gasteiger partial charge is 0.348 e. The molecule has 2 rings (SSSR count). The third-order valence-corrected chi connectivity index (χ3v) is 2.94. The minimum Gasteiger partial charge on any atom is -0.348 e. The van der Waals surface area contributed by atoms with Gasteiger partial charge in [0.15, 0.2) is 0 Å². The molecule has 1 N–H and O–H groups in total. The molecule has 1 unspecified atom stereocenters. The molecule has 2 aromatic rings. The molecular weight excluding hydrogens is 236 g/mol. The van der Waals surface area contributed by atoms with Crippen molar-refractivity contribution in [3.8, 4) is 0 Å². The van der Waals surface area contributed by atoms with Gasteiger partial charge in [0.2, 0.25) is 5.95 Å². The molecule has 0 saturated heterocycles. The summed E-state index contributed by atoms with van der Waals surface area (Å²) < 4.78 is 2.18. The van der Waals surface area contributed by atoms with E-state index in [0.717, 1.165) is 23.9 Å². The van der Waals surface area contributed by atoms with Crippen molar-refractivity contribution in [2.75, 3.05) is 5.32 Å². The van der Waals surface area contributed by atoms with Crippen molar-refractivity contribution in [1.29, 1.82) is 0 Å². The van der Waals surface area contributed by atoms with Gasteiger partial charge in [-0.25, -0.2) is 4.98 Å². The number of pyridine rings is 1. The summed E-state index contributed by atoms with van der Waals surface area (Å²) >= 11 is 0. The maximum absolute atomic E-state index is 4.55. The third kappa shape index (κ3) is 3.56.